The first-order valence-electron chi connectivity index (χ1n) is 8.30. The van der Waals surface area contributed by atoms with Crippen molar-refractivity contribution in [2.45, 2.75) is 19.9 Å². The predicted molar refractivity (Wildman–Crippen MR) is 97.2 cm³/mol. The first-order valence-corrected chi connectivity index (χ1v) is 8.30. The summed E-state index contributed by atoms with van der Waals surface area (Å²) in [6.45, 7) is 3.86. The van der Waals surface area contributed by atoms with Gasteiger partial charge >= 0.3 is 0 Å². The molecule has 0 saturated carbocycles. The van der Waals surface area contributed by atoms with Crippen LogP contribution in [0.1, 0.15) is 18.1 Å². The molecule has 0 aliphatic heterocycles. The largest absolute Gasteiger partial charge is 0.376 e. The minimum atomic E-state index is -0.353. The van der Waals surface area contributed by atoms with Gasteiger partial charge in [-0.05, 0) is 36.6 Å². The zero-order chi connectivity index (χ0) is 17.9. The summed E-state index contributed by atoms with van der Waals surface area (Å²) in [6.07, 6.45) is 6.00. The van der Waals surface area contributed by atoms with Crippen LogP contribution in [0.4, 0.5) is 0 Å². The molecule has 0 radical (unpaired) electrons. The highest BCUT2D eigenvalue weighted by atomic mass is 16.1. The van der Waals surface area contributed by atoms with Crippen LogP contribution in [0.2, 0.25) is 0 Å². The summed E-state index contributed by atoms with van der Waals surface area (Å²) in [5.41, 5.74) is 2.29. The Labute approximate surface area is 148 Å². The highest BCUT2D eigenvalue weighted by molar-refractivity contribution is 5.97. The van der Waals surface area contributed by atoms with Gasteiger partial charge in [-0.2, -0.15) is 5.26 Å². The number of benzene rings is 1. The van der Waals surface area contributed by atoms with Crippen LogP contribution in [0.15, 0.2) is 66.6 Å². The van der Waals surface area contributed by atoms with Gasteiger partial charge in [0.25, 0.3) is 5.91 Å². The fourth-order valence-corrected chi connectivity index (χ4v) is 2.33. The fourth-order valence-electron chi connectivity index (χ4n) is 2.33. The van der Waals surface area contributed by atoms with Crippen LogP contribution in [0.25, 0.3) is 0 Å². The molecule has 2 aromatic rings. The molecule has 25 heavy (non-hydrogen) atoms. The number of nitrogens with one attached hydrogen (secondary N) is 1. The lowest BCUT2D eigenvalue weighted by molar-refractivity contribution is -0.117. The monoisotopic (exact) mass is 334 g/mol. The SMILES string of the molecule is CCN(/C=C(/C#N)C(=O)NCc1ccccc1)CCc1ccncc1. The number of rotatable bonds is 8. The Hall–Kier alpha value is -3.13. The Morgan fingerprint density at radius 1 is 1.20 bits per heavy atom. The number of pyridine rings is 1. The van der Waals surface area contributed by atoms with Crippen LogP contribution in [-0.4, -0.2) is 28.9 Å². The molecule has 5 nitrogen and oxygen atoms in total. The Bertz CT molecular complexity index is 735. The molecule has 0 saturated heterocycles. The standard InChI is InChI=1S/C20H22N4O/c1-2-24(13-10-17-8-11-22-12-9-17)16-19(14-21)20(25)23-15-18-6-4-3-5-7-18/h3-9,11-12,16H,2,10,13,15H2,1H3,(H,23,25)/b19-16-. The number of nitrogens with zero attached hydrogens (tertiary/aromatic N) is 3. The van der Waals surface area contributed by atoms with Crippen LogP contribution in [0, 0.1) is 11.3 Å². The normalized spacial score (nSPS) is 10.8. The maximum Gasteiger partial charge on any atom is 0.263 e. The summed E-state index contributed by atoms with van der Waals surface area (Å²) in [5.74, 6) is -0.353. The molecule has 1 heterocycles. The fraction of sp³-hybridized carbons (Fsp3) is 0.250. The molecular formula is C20H22N4O. The number of hydrogen-bond donors (Lipinski definition) is 1. The van der Waals surface area contributed by atoms with Gasteiger partial charge < -0.3 is 10.2 Å². The molecule has 1 aromatic carbocycles. The van der Waals surface area contributed by atoms with Gasteiger partial charge in [0, 0.05) is 38.2 Å². The van der Waals surface area contributed by atoms with E-state index in [-0.39, 0.29) is 11.5 Å². The van der Waals surface area contributed by atoms with Crippen LogP contribution >= 0.6 is 0 Å². The van der Waals surface area contributed by atoms with Gasteiger partial charge in [-0.15, -0.1) is 0 Å². The van der Waals surface area contributed by atoms with Gasteiger partial charge in [0.15, 0.2) is 0 Å². The van der Waals surface area contributed by atoms with Gasteiger partial charge in [-0.3, -0.25) is 9.78 Å². The summed E-state index contributed by atoms with van der Waals surface area (Å²) >= 11 is 0. The van der Waals surface area contributed by atoms with E-state index in [4.69, 9.17) is 0 Å². The molecule has 0 spiro atoms. The Morgan fingerprint density at radius 3 is 2.56 bits per heavy atom. The molecule has 5 heteroatoms. The lowest BCUT2D eigenvalue weighted by Gasteiger charge is -2.18. The van der Waals surface area contributed by atoms with Gasteiger partial charge in [0.05, 0.1) is 0 Å². The topological polar surface area (TPSA) is 69.0 Å². The summed E-state index contributed by atoms with van der Waals surface area (Å²) in [7, 11) is 0. The lowest BCUT2D eigenvalue weighted by Crippen LogP contribution is -2.27. The van der Waals surface area contributed by atoms with Crippen LogP contribution in [-0.2, 0) is 17.8 Å². The molecule has 128 valence electrons. The average Bonchev–Trinajstić information content (AvgIpc) is 2.68. The second kappa shape index (κ2) is 9.89. The molecule has 0 aliphatic rings. The van der Waals surface area contributed by atoms with Crippen molar-refractivity contribution in [3.63, 3.8) is 0 Å². The summed E-state index contributed by atoms with van der Waals surface area (Å²) < 4.78 is 0. The lowest BCUT2D eigenvalue weighted by atomic mass is 10.2. The third-order valence-electron chi connectivity index (χ3n) is 3.82. The number of hydrogen-bond acceptors (Lipinski definition) is 4. The summed E-state index contributed by atoms with van der Waals surface area (Å²) in [5, 5.41) is 12.1. The first-order chi connectivity index (χ1) is 12.2. The number of carbonyl (C=O) groups excluding carboxylic acids is 1. The summed E-state index contributed by atoms with van der Waals surface area (Å²) in [4.78, 5) is 18.2. The number of aromatic nitrogens is 1. The van der Waals surface area contributed by atoms with Crippen LogP contribution < -0.4 is 5.32 Å². The van der Waals surface area contributed by atoms with Crippen LogP contribution in [0.3, 0.4) is 0 Å². The van der Waals surface area contributed by atoms with E-state index in [1.165, 1.54) is 5.56 Å². The summed E-state index contributed by atoms with van der Waals surface area (Å²) in [6, 6.07) is 15.6. The van der Waals surface area contributed by atoms with Gasteiger partial charge in [-0.1, -0.05) is 30.3 Å². The van der Waals surface area contributed by atoms with E-state index in [2.05, 4.69) is 10.3 Å². The highest BCUT2D eigenvalue weighted by Gasteiger charge is 2.10. The number of amides is 1. The molecular weight excluding hydrogens is 312 g/mol. The molecule has 0 atom stereocenters. The second-order valence-corrected chi connectivity index (χ2v) is 5.56. The Balaban J connectivity index is 1.93. The number of carbonyl (C=O) groups is 1. The van der Waals surface area contributed by atoms with Crippen molar-refractivity contribution in [3.8, 4) is 6.07 Å². The third kappa shape index (κ3) is 6.11. The molecule has 1 N–H and O–H groups in total. The maximum absolute atomic E-state index is 12.2. The number of nitriles is 1. The zero-order valence-electron chi connectivity index (χ0n) is 14.4. The highest BCUT2D eigenvalue weighted by Crippen LogP contribution is 2.04. The Kier molecular flexibility index (Phi) is 7.20. The van der Waals surface area contributed by atoms with Gasteiger partial charge in [-0.25, -0.2) is 0 Å². The smallest absolute Gasteiger partial charge is 0.263 e. The van der Waals surface area contributed by atoms with Gasteiger partial charge in [0.1, 0.15) is 11.6 Å². The van der Waals surface area contributed by atoms with E-state index in [1.807, 2.05) is 60.4 Å². The van der Waals surface area contributed by atoms with E-state index >= 15 is 0 Å². The van der Waals surface area contributed by atoms with E-state index in [9.17, 15) is 10.1 Å². The van der Waals surface area contributed by atoms with Crippen molar-refractivity contribution in [1.29, 1.82) is 5.26 Å². The van der Waals surface area contributed by atoms with E-state index < -0.39 is 0 Å². The quantitative estimate of drug-likeness (QED) is 0.595. The molecule has 0 aliphatic carbocycles. The minimum Gasteiger partial charge on any atom is -0.376 e. The third-order valence-corrected chi connectivity index (χ3v) is 3.82. The molecule has 1 aromatic heterocycles. The predicted octanol–water partition coefficient (Wildman–Crippen LogP) is 2.67. The minimum absolute atomic E-state index is 0.118. The average molecular weight is 334 g/mol. The van der Waals surface area contributed by atoms with Crippen molar-refractivity contribution in [1.82, 2.24) is 15.2 Å². The van der Waals surface area contributed by atoms with Crippen molar-refractivity contribution in [2.24, 2.45) is 0 Å². The Morgan fingerprint density at radius 2 is 1.92 bits per heavy atom. The van der Waals surface area contributed by atoms with E-state index in [0.29, 0.717) is 6.54 Å². The van der Waals surface area contributed by atoms with Crippen LogP contribution in [0.5, 0.6) is 0 Å². The van der Waals surface area contributed by atoms with Crippen molar-refractivity contribution in [2.75, 3.05) is 13.1 Å². The maximum atomic E-state index is 12.2. The van der Waals surface area contributed by atoms with E-state index in [0.717, 1.165) is 25.1 Å². The molecule has 1 amide bonds. The first kappa shape index (κ1) is 18.2. The zero-order valence-corrected chi connectivity index (χ0v) is 14.4. The van der Waals surface area contributed by atoms with Crippen molar-refractivity contribution in [3.05, 3.63) is 77.8 Å². The molecule has 0 fully saturated rings. The van der Waals surface area contributed by atoms with E-state index in [1.54, 1.807) is 18.6 Å². The van der Waals surface area contributed by atoms with Gasteiger partial charge in [0.2, 0.25) is 0 Å². The molecule has 0 unspecified atom stereocenters. The number of likely N-dealkylation sites (N-methyl/N-ethyl adjacent to an activating group) is 1. The van der Waals surface area contributed by atoms with Crippen molar-refractivity contribution < 1.29 is 4.79 Å². The molecule has 0 bridgehead atoms. The second-order valence-electron chi connectivity index (χ2n) is 5.56. The van der Waals surface area contributed by atoms with Crippen molar-refractivity contribution >= 4 is 5.91 Å². The molecule has 2 rings (SSSR count).